The van der Waals surface area contributed by atoms with Crippen molar-refractivity contribution >= 4 is 17.3 Å². The van der Waals surface area contributed by atoms with E-state index >= 15 is 0 Å². The Labute approximate surface area is 116 Å². The van der Waals surface area contributed by atoms with E-state index < -0.39 is 5.63 Å². The predicted molar refractivity (Wildman–Crippen MR) is 74.0 cm³/mol. The Morgan fingerprint density at radius 3 is 3.00 bits per heavy atom. The first-order valence-corrected chi connectivity index (χ1v) is 6.33. The summed E-state index contributed by atoms with van der Waals surface area (Å²) in [7, 11) is 0. The van der Waals surface area contributed by atoms with Crippen LogP contribution in [0, 0.1) is 6.92 Å². The summed E-state index contributed by atoms with van der Waals surface area (Å²) in [5.74, 6) is 0.567. The molecule has 5 nitrogen and oxygen atoms in total. The Balaban J connectivity index is 3.13. The number of hydrogen-bond acceptors (Lipinski definition) is 5. The molecular weight excluding hydrogens is 270 g/mol. The average Bonchev–Trinajstić information content (AvgIpc) is 2.34. The van der Waals surface area contributed by atoms with Gasteiger partial charge in [-0.25, -0.2) is 4.79 Å². The van der Waals surface area contributed by atoms with Crippen molar-refractivity contribution in [3.63, 3.8) is 0 Å². The average molecular weight is 286 g/mol. The quantitative estimate of drug-likeness (QED) is 0.275. The summed E-state index contributed by atoms with van der Waals surface area (Å²) >= 11 is 5.62. The highest BCUT2D eigenvalue weighted by Gasteiger charge is 2.17. The molecule has 1 N–H and O–H groups in total. The van der Waals surface area contributed by atoms with Crippen LogP contribution in [0.1, 0.15) is 24.2 Å². The molecule has 19 heavy (non-hydrogen) atoms. The molecule has 0 bridgehead atoms. The molecule has 104 valence electrons. The molecule has 0 aromatic carbocycles. The van der Waals surface area contributed by atoms with Gasteiger partial charge >= 0.3 is 5.63 Å². The summed E-state index contributed by atoms with van der Waals surface area (Å²) in [6.45, 7) is 5.28. The highest BCUT2D eigenvalue weighted by Crippen LogP contribution is 2.18. The second kappa shape index (κ2) is 7.63. The van der Waals surface area contributed by atoms with E-state index in [0.29, 0.717) is 30.2 Å². The van der Waals surface area contributed by atoms with Crippen molar-refractivity contribution in [2.45, 2.75) is 19.8 Å². The molecule has 1 rings (SSSR count). The van der Waals surface area contributed by atoms with Gasteiger partial charge in [0, 0.05) is 11.9 Å². The smallest absolute Gasteiger partial charge is 0.349 e. The number of alkyl halides is 1. The molecule has 0 aliphatic rings. The molecule has 0 aliphatic carbocycles. The third kappa shape index (κ3) is 4.44. The minimum Gasteiger partial charge on any atom is -0.507 e. The lowest BCUT2D eigenvalue weighted by Crippen LogP contribution is -2.16. The third-order valence-corrected chi connectivity index (χ3v) is 2.52. The number of aryl methyl sites for hydroxylation is 1. The van der Waals surface area contributed by atoms with Crippen LogP contribution in [-0.4, -0.2) is 23.3 Å². The Morgan fingerprint density at radius 2 is 2.42 bits per heavy atom. The van der Waals surface area contributed by atoms with Gasteiger partial charge in [-0.1, -0.05) is 17.8 Å². The van der Waals surface area contributed by atoms with Gasteiger partial charge in [-0.05, 0) is 19.8 Å². The van der Waals surface area contributed by atoms with Crippen molar-refractivity contribution in [1.29, 1.82) is 0 Å². The SMILES string of the molecule is C=CCON=C(CCCCl)c1c(O)cc(C)oc1=O. The lowest BCUT2D eigenvalue weighted by molar-refractivity contribution is 0.174. The molecule has 0 amide bonds. The van der Waals surface area contributed by atoms with Gasteiger partial charge in [-0.2, -0.15) is 0 Å². The van der Waals surface area contributed by atoms with E-state index in [2.05, 4.69) is 11.7 Å². The molecule has 0 saturated heterocycles. The summed E-state index contributed by atoms with van der Waals surface area (Å²) < 4.78 is 4.95. The second-order valence-corrected chi connectivity index (χ2v) is 4.20. The summed E-state index contributed by atoms with van der Waals surface area (Å²) in [6.07, 6.45) is 2.53. The van der Waals surface area contributed by atoms with Crippen LogP contribution in [0.4, 0.5) is 0 Å². The third-order valence-electron chi connectivity index (χ3n) is 2.26. The Morgan fingerprint density at radius 1 is 1.68 bits per heavy atom. The molecule has 0 radical (unpaired) electrons. The van der Waals surface area contributed by atoms with Gasteiger partial charge < -0.3 is 14.4 Å². The van der Waals surface area contributed by atoms with Gasteiger partial charge in [0.1, 0.15) is 23.7 Å². The number of hydrogen-bond donors (Lipinski definition) is 1. The number of oxime groups is 1. The molecule has 6 heteroatoms. The van der Waals surface area contributed by atoms with E-state index in [0.717, 1.165) is 0 Å². The van der Waals surface area contributed by atoms with Crippen LogP contribution in [0.5, 0.6) is 5.75 Å². The van der Waals surface area contributed by atoms with Crippen molar-refractivity contribution in [1.82, 2.24) is 0 Å². The summed E-state index contributed by atoms with van der Waals surface area (Å²) in [4.78, 5) is 16.8. The zero-order valence-electron chi connectivity index (χ0n) is 10.7. The van der Waals surface area contributed by atoms with E-state index in [-0.39, 0.29) is 17.9 Å². The van der Waals surface area contributed by atoms with Gasteiger partial charge in [-0.3, -0.25) is 0 Å². The lowest BCUT2D eigenvalue weighted by Gasteiger charge is -2.07. The second-order valence-electron chi connectivity index (χ2n) is 3.82. The predicted octanol–water partition coefficient (Wildman–Crippen LogP) is 2.58. The number of aromatic hydroxyl groups is 1. The maximum atomic E-state index is 11.8. The summed E-state index contributed by atoms with van der Waals surface area (Å²) in [5, 5.41) is 13.7. The first-order valence-electron chi connectivity index (χ1n) is 5.80. The molecule has 1 aromatic rings. The van der Waals surface area contributed by atoms with Crippen LogP contribution in [0.3, 0.4) is 0 Å². The fraction of sp³-hybridized carbons (Fsp3) is 0.385. The summed E-state index contributed by atoms with van der Waals surface area (Å²) in [5.41, 5.74) is -0.318. The molecule has 1 heterocycles. The minimum atomic E-state index is -0.645. The van der Waals surface area contributed by atoms with Crippen LogP contribution in [0.25, 0.3) is 0 Å². The Kier molecular flexibility index (Phi) is 6.15. The lowest BCUT2D eigenvalue weighted by atomic mass is 10.1. The molecule has 0 atom stereocenters. The van der Waals surface area contributed by atoms with E-state index in [1.165, 1.54) is 12.1 Å². The molecule has 0 spiro atoms. The van der Waals surface area contributed by atoms with Gasteiger partial charge in [0.05, 0.1) is 5.71 Å². The monoisotopic (exact) mass is 285 g/mol. The van der Waals surface area contributed by atoms with Crippen LogP contribution in [0.15, 0.2) is 33.1 Å². The molecule has 1 aromatic heterocycles. The van der Waals surface area contributed by atoms with Crippen molar-refractivity contribution in [2.24, 2.45) is 5.16 Å². The van der Waals surface area contributed by atoms with Crippen molar-refractivity contribution < 1.29 is 14.4 Å². The first kappa shape index (κ1) is 15.3. The van der Waals surface area contributed by atoms with Crippen LogP contribution < -0.4 is 5.63 Å². The standard InChI is InChI=1S/C13H16ClNO4/c1-3-7-18-15-10(5-4-6-14)12-11(16)8-9(2)19-13(12)17/h3,8,16H,1,4-7H2,2H3. The number of nitrogens with zero attached hydrogens (tertiary/aromatic N) is 1. The molecular formula is C13H16ClNO4. The van der Waals surface area contributed by atoms with Crippen molar-refractivity contribution in [3.05, 3.63) is 40.5 Å². The molecule has 0 aliphatic heterocycles. The fourth-order valence-electron chi connectivity index (χ4n) is 1.48. The molecule has 0 unspecified atom stereocenters. The van der Waals surface area contributed by atoms with Gasteiger partial charge in [0.25, 0.3) is 0 Å². The van der Waals surface area contributed by atoms with Crippen LogP contribution in [0.2, 0.25) is 0 Å². The van der Waals surface area contributed by atoms with E-state index in [1.54, 1.807) is 6.92 Å². The van der Waals surface area contributed by atoms with Gasteiger partial charge in [-0.15, -0.1) is 11.6 Å². The highest BCUT2D eigenvalue weighted by atomic mass is 35.5. The summed E-state index contributed by atoms with van der Waals surface area (Å²) in [6, 6.07) is 1.36. The maximum Gasteiger partial charge on any atom is 0.349 e. The minimum absolute atomic E-state index is 0.0137. The zero-order chi connectivity index (χ0) is 14.3. The Hall–Kier alpha value is -1.75. The van der Waals surface area contributed by atoms with Gasteiger partial charge in [0.2, 0.25) is 0 Å². The van der Waals surface area contributed by atoms with Crippen molar-refractivity contribution in [2.75, 3.05) is 12.5 Å². The Bertz CT molecular complexity index is 522. The normalized spacial score (nSPS) is 11.4. The maximum absolute atomic E-state index is 11.8. The number of rotatable bonds is 7. The highest BCUT2D eigenvalue weighted by molar-refractivity contribution is 6.18. The van der Waals surface area contributed by atoms with Crippen LogP contribution >= 0.6 is 11.6 Å². The number of halogens is 1. The van der Waals surface area contributed by atoms with Crippen LogP contribution in [-0.2, 0) is 4.84 Å². The largest absolute Gasteiger partial charge is 0.507 e. The molecule has 0 saturated carbocycles. The zero-order valence-corrected chi connectivity index (χ0v) is 11.4. The molecule has 0 fully saturated rings. The first-order chi connectivity index (χ1) is 9.10. The van der Waals surface area contributed by atoms with E-state index in [4.69, 9.17) is 20.9 Å². The van der Waals surface area contributed by atoms with Gasteiger partial charge in [0.15, 0.2) is 0 Å². The fourth-order valence-corrected chi connectivity index (χ4v) is 1.61. The van der Waals surface area contributed by atoms with E-state index in [1.807, 2.05) is 0 Å². The van der Waals surface area contributed by atoms with Crippen molar-refractivity contribution in [3.8, 4) is 5.75 Å². The topological polar surface area (TPSA) is 72.0 Å². The van der Waals surface area contributed by atoms with E-state index in [9.17, 15) is 9.90 Å².